The predicted octanol–water partition coefficient (Wildman–Crippen LogP) is 2.61. The average molecular weight is 288 g/mol. The van der Waals surface area contributed by atoms with Gasteiger partial charge in [-0.25, -0.2) is 0 Å². The first-order chi connectivity index (χ1) is 9.88. The molecule has 0 aliphatic heterocycles. The maximum absolute atomic E-state index is 12.3. The van der Waals surface area contributed by atoms with Crippen LogP contribution in [-0.4, -0.2) is 49.9 Å². The van der Waals surface area contributed by atoms with Crippen molar-refractivity contribution in [3.63, 3.8) is 0 Å². The zero-order chi connectivity index (χ0) is 15.6. The van der Waals surface area contributed by atoms with Crippen molar-refractivity contribution < 1.29 is 9.21 Å². The van der Waals surface area contributed by atoms with Crippen LogP contribution in [0.25, 0.3) is 11.0 Å². The summed E-state index contributed by atoms with van der Waals surface area (Å²) < 4.78 is 5.61. The number of nitrogens with zero attached hydrogens (tertiary/aromatic N) is 2. The number of likely N-dealkylation sites (N-methyl/N-ethyl adjacent to an activating group) is 2. The fourth-order valence-electron chi connectivity index (χ4n) is 2.53. The smallest absolute Gasteiger partial charge is 0.226 e. The normalized spacial score (nSPS) is 11.3. The highest BCUT2D eigenvalue weighted by atomic mass is 16.3. The molecule has 4 heteroatoms. The van der Waals surface area contributed by atoms with Gasteiger partial charge in [-0.05, 0) is 45.1 Å². The fraction of sp³-hybridized carbons (Fsp3) is 0.471. The molecule has 0 bridgehead atoms. The first-order valence-electron chi connectivity index (χ1n) is 7.24. The van der Waals surface area contributed by atoms with Crippen LogP contribution in [0.4, 0.5) is 0 Å². The van der Waals surface area contributed by atoms with Crippen LogP contribution in [0.5, 0.6) is 0 Å². The molecule has 0 aliphatic carbocycles. The number of fused-ring (bicyclic) bond motifs is 1. The molecular formula is C17H24N2O2. The molecule has 114 valence electrons. The van der Waals surface area contributed by atoms with E-state index in [0.29, 0.717) is 6.42 Å². The topological polar surface area (TPSA) is 36.7 Å². The number of rotatable bonds is 5. The lowest BCUT2D eigenvalue weighted by molar-refractivity contribution is -0.129. The zero-order valence-electron chi connectivity index (χ0n) is 13.6. The van der Waals surface area contributed by atoms with Gasteiger partial charge in [-0.2, -0.15) is 0 Å². The van der Waals surface area contributed by atoms with Crippen LogP contribution in [0.15, 0.2) is 22.8 Å². The summed E-state index contributed by atoms with van der Waals surface area (Å²) in [5, 5.41) is 1.08. The molecule has 0 saturated heterocycles. The number of aryl methyl sites for hydroxylation is 2. The van der Waals surface area contributed by atoms with Gasteiger partial charge >= 0.3 is 0 Å². The van der Waals surface area contributed by atoms with Gasteiger partial charge in [-0.15, -0.1) is 0 Å². The first-order valence-corrected chi connectivity index (χ1v) is 7.24. The summed E-state index contributed by atoms with van der Waals surface area (Å²) in [7, 11) is 5.87. The van der Waals surface area contributed by atoms with Crippen LogP contribution in [0.3, 0.4) is 0 Å². The molecule has 2 rings (SSSR count). The molecule has 0 N–H and O–H groups in total. The van der Waals surface area contributed by atoms with Crippen LogP contribution in [0.2, 0.25) is 0 Å². The van der Waals surface area contributed by atoms with Gasteiger partial charge in [-0.1, -0.05) is 6.07 Å². The lowest BCUT2D eigenvalue weighted by Crippen LogP contribution is -2.34. The predicted molar refractivity (Wildman–Crippen MR) is 85.6 cm³/mol. The van der Waals surface area contributed by atoms with Crippen LogP contribution in [-0.2, 0) is 11.2 Å². The molecule has 1 heterocycles. The van der Waals surface area contributed by atoms with Crippen molar-refractivity contribution in [1.29, 1.82) is 0 Å². The lowest BCUT2D eigenvalue weighted by Gasteiger charge is -2.19. The van der Waals surface area contributed by atoms with E-state index in [1.807, 2.05) is 27.2 Å². The van der Waals surface area contributed by atoms with Gasteiger partial charge in [0.25, 0.3) is 0 Å². The van der Waals surface area contributed by atoms with Crippen molar-refractivity contribution >= 4 is 16.9 Å². The van der Waals surface area contributed by atoms with E-state index in [1.165, 1.54) is 5.56 Å². The third kappa shape index (κ3) is 3.64. The second-order valence-electron chi connectivity index (χ2n) is 6.01. The van der Waals surface area contributed by atoms with Gasteiger partial charge in [-0.3, -0.25) is 4.79 Å². The van der Waals surface area contributed by atoms with Gasteiger partial charge in [0.05, 0.1) is 12.7 Å². The van der Waals surface area contributed by atoms with E-state index in [9.17, 15) is 4.79 Å². The van der Waals surface area contributed by atoms with Crippen molar-refractivity contribution in [2.45, 2.75) is 20.3 Å². The SMILES string of the molecule is Cc1cc(C)c2c(CC(=O)N(C)CCN(C)C)coc2c1. The summed E-state index contributed by atoms with van der Waals surface area (Å²) >= 11 is 0. The second-order valence-corrected chi connectivity index (χ2v) is 6.01. The number of carbonyl (C=O) groups is 1. The minimum atomic E-state index is 0.125. The van der Waals surface area contributed by atoms with Gasteiger partial charge in [0.2, 0.25) is 5.91 Å². The summed E-state index contributed by atoms with van der Waals surface area (Å²) in [5.41, 5.74) is 4.18. The van der Waals surface area contributed by atoms with Crippen molar-refractivity contribution in [3.8, 4) is 0 Å². The highest BCUT2D eigenvalue weighted by Gasteiger charge is 2.15. The van der Waals surface area contributed by atoms with Crippen molar-refractivity contribution in [2.75, 3.05) is 34.2 Å². The van der Waals surface area contributed by atoms with Crippen LogP contribution < -0.4 is 0 Å². The quantitative estimate of drug-likeness (QED) is 0.848. The Morgan fingerprint density at radius 3 is 2.52 bits per heavy atom. The lowest BCUT2D eigenvalue weighted by atomic mass is 10.0. The molecule has 0 radical (unpaired) electrons. The monoisotopic (exact) mass is 288 g/mol. The molecule has 0 unspecified atom stereocenters. The second kappa shape index (κ2) is 6.31. The Bertz CT molecular complexity index is 644. The van der Waals surface area contributed by atoms with Gasteiger partial charge in [0, 0.05) is 31.1 Å². The van der Waals surface area contributed by atoms with Gasteiger partial charge < -0.3 is 14.2 Å². The molecular weight excluding hydrogens is 264 g/mol. The molecule has 0 saturated carbocycles. The minimum Gasteiger partial charge on any atom is -0.464 e. The molecule has 2 aromatic rings. The molecule has 1 amide bonds. The minimum absolute atomic E-state index is 0.125. The highest BCUT2D eigenvalue weighted by molar-refractivity contribution is 5.90. The molecule has 4 nitrogen and oxygen atoms in total. The molecule has 21 heavy (non-hydrogen) atoms. The molecule has 0 aliphatic rings. The summed E-state index contributed by atoms with van der Waals surface area (Å²) in [4.78, 5) is 16.2. The Morgan fingerprint density at radius 1 is 1.14 bits per heavy atom. The third-order valence-corrected chi connectivity index (χ3v) is 3.74. The van der Waals surface area contributed by atoms with E-state index in [2.05, 4.69) is 24.8 Å². The maximum atomic E-state index is 12.3. The largest absolute Gasteiger partial charge is 0.464 e. The van der Waals surface area contributed by atoms with Crippen molar-refractivity contribution in [1.82, 2.24) is 9.80 Å². The van der Waals surface area contributed by atoms with Crippen LogP contribution >= 0.6 is 0 Å². The van der Waals surface area contributed by atoms with E-state index in [0.717, 1.165) is 35.2 Å². The number of hydrogen-bond donors (Lipinski definition) is 0. The Labute approximate surface area is 126 Å². The number of hydrogen-bond acceptors (Lipinski definition) is 3. The van der Waals surface area contributed by atoms with Crippen LogP contribution in [0.1, 0.15) is 16.7 Å². The number of amides is 1. The Balaban J connectivity index is 2.15. The number of benzene rings is 1. The Kier molecular flexibility index (Phi) is 4.68. The van der Waals surface area contributed by atoms with Crippen molar-refractivity contribution in [2.24, 2.45) is 0 Å². The molecule has 1 aromatic carbocycles. The zero-order valence-corrected chi connectivity index (χ0v) is 13.6. The van der Waals surface area contributed by atoms with E-state index in [1.54, 1.807) is 11.2 Å². The van der Waals surface area contributed by atoms with E-state index in [-0.39, 0.29) is 5.91 Å². The Morgan fingerprint density at radius 2 is 1.86 bits per heavy atom. The standard InChI is InChI=1S/C17H24N2O2/c1-12-8-13(2)17-14(11-21-15(17)9-12)10-16(20)19(5)7-6-18(3)4/h8-9,11H,6-7,10H2,1-5H3. The summed E-state index contributed by atoms with van der Waals surface area (Å²) in [6, 6.07) is 4.15. The average Bonchev–Trinajstić information content (AvgIpc) is 2.78. The van der Waals surface area contributed by atoms with E-state index < -0.39 is 0 Å². The van der Waals surface area contributed by atoms with Gasteiger partial charge in [0.15, 0.2) is 0 Å². The van der Waals surface area contributed by atoms with E-state index in [4.69, 9.17) is 4.42 Å². The van der Waals surface area contributed by atoms with E-state index >= 15 is 0 Å². The Hall–Kier alpha value is -1.81. The first kappa shape index (κ1) is 15.6. The van der Waals surface area contributed by atoms with Crippen LogP contribution in [0, 0.1) is 13.8 Å². The summed E-state index contributed by atoms with van der Waals surface area (Å²) in [6.07, 6.45) is 2.11. The summed E-state index contributed by atoms with van der Waals surface area (Å²) in [5.74, 6) is 0.125. The number of carbonyl (C=O) groups excluding carboxylic acids is 1. The third-order valence-electron chi connectivity index (χ3n) is 3.74. The highest BCUT2D eigenvalue weighted by Crippen LogP contribution is 2.26. The number of furan rings is 1. The molecule has 0 spiro atoms. The van der Waals surface area contributed by atoms with Gasteiger partial charge in [0.1, 0.15) is 5.58 Å². The fourth-order valence-corrected chi connectivity index (χ4v) is 2.53. The van der Waals surface area contributed by atoms with Crippen molar-refractivity contribution in [3.05, 3.63) is 35.1 Å². The molecule has 0 fully saturated rings. The molecule has 1 aromatic heterocycles. The summed E-state index contributed by atoms with van der Waals surface area (Å²) in [6.45, 7) is 5.72. The molecule has 0 atom stereocenters. The maximum Gasteiger partial charge on any atom is 0.226 e.